The van der Waals surface area contributed by atoms with Crippen LogP contribution in [0, 0.1) is 5.82 Å². The normalized spacial score (nSPS) is 21.0. The van der Waals surface area contributed by atoms with Crippen LogP contribution < -0.4 is 5.32 Å². The van der Waals surface area contributed by atoms with E-state index in [4.69, 9.17) is 11.6 Å². The SMILES string of the molecule is CC1CN(Cc2ccc(F)cc2Cl)CCN1.Cl. The summed E-state index contributed by atoms with van der Waals surface area (Å²) in [6.45, 7) is 5.98. The molecule has 1 fully saturated rings. The Kier molecular flexibility index (Phi) is 5.67. The van der Waals surface area contributed by atoms with Crippen LogP contribution in [0.3, 0.4) is 0 Å². The molecule has 1 saturated heterocycles. The van der Waals surface area contributed by atoms with Crippen LogP contribution in [0.15, 0.2) is 18.2 Å². The quantitative estimate of drug-likeness (QED) is 0.895. The molecule has 0 radical (unpaired) electrons. The molecule has 1 N–H and O–H groups in total. The molecule has 96 valence electrons. The van der Waals surface area contributed by atoms with Gasteiger partial charge in [0.05, 0.1) is 0 Å². The van der Waals surface area contributed by atoms with Crippen molar-refractivity contribution >= 4 is 24.0 Å². The molecular weight excluding hydrogens is 262 g/mol. The van der Waals surface area contributed by atoms with E-state index in [1.165, 1.54) is 12.1 Å². The highest BCUT2D eigenvalue weighted by molar-refractivity contribution is 6.31. The highest BCUT2D eigenvalue weighted by Gasteiger charge is 2.16. The molecule has 0 aromatic heterocycles. The molecule has 1 unspecified atom stereocenters. The van der Waals surface area contributed by atoms with Gasteiger partial charge in [0.15, 0.2) is 0 Å². The molecule has 1 aliphatic rings. The smallest absolute Gasteiger partial charge is 0.124 e. The monoisotopic (exact) mass is 278 g/mol. The van der Waals surface area contributed by atoms with Crippen molar-refractivity contribution in [2.24, 2.45) is 0 Å². The van der Waals surface area contributed by atoms with Gasteiger partial charge in [-0.1, -0.05) is 17.7 Å². The molecule has 0 spiro atoms. The number of piperazine rings is 1. The van der Waals surface area contributed by atoms with Gasteiger partial charge in [0.25, 0.3) is 0 Å². The van der Waals surface area contributed by atoms with E-state index >= 15 is 0 Å². The van der Waals surface area contributed by atoms with Gasteiger partial charge in [-0.3, -0.25) is 4.90 Å². The Hall–Kier alpha value is -0.350. The molecule has 2 rings (SSSR count). The Morgan fingerprint density at radius 3 is 2.94 bits per heavy atom. The van der Waals surface area contributed by atoms with E-state index in [1.807, 2.05) is 0 Å². The maximum absolute atomic E-state index is 12.9. The minimum Gasteiger partial charge on any atom is -0.312 e. The predicted molar refractivity (Wildman–Crippen MR) is 71.4 cm³/mol. The second kappa shape index (κ2) is 6.55. The molecule has 0 saturated carbocycles. The fraction of sp³-hybridized carbons (Fsp3) is 0.500. The lowest BCUT2D eigenvalue weighted by Crippen LogP contribution is -2.48. The summed E-state index contributed by atoms with van der Waals surface area (Å²) in [4.78, 5) is 2.33. The topological polar surface area (TPSA) is 15.3 Å². The van der Waals surface area contributed by atoms with E-state index in [0.717, 1.165) is 31.7 Å². The fourth-order valence-corrected chi connectivity index (χ4v) is 2.27. The van der Waals surface area contributed by atoms with Gasteiger partial charge in [-0.15, -0.1) is 12.4 Å². The van der Waals surface area contributed by atoms with Crippen LogP contribution in [0.4, 0.5) is 4.39 Å². The minimum absolute atomic E-state index is 0. The van der Waals surface area contributed by atoms with Crippen LogP contribution in [0.2, 0.25) is 5.02 Å². The zero-order valence-corrected chi connectivity index (χ0v) is 11.3. The van der Waals surface area contributed by atoms with Gasteiger partial charge in [-0.05, 0) is 24.6 Å². The van der Waals surface area contributed by atoms with Crippen molar-refractivity contribution in [1.82, 2.24) is 10.2 Å². The van der Waals surface area contributed by atoms with Crippen molar-refractivity contribution in [1.29, 1.82) is 0 Å². The largest absolute Gasteiger partial charge is 0.312 e. The van der Waals surface area contributed by atoms with Crippen molar-refractivity contribution < 1.29 is 4.39 Å². The van der Waals surface area contributed by atoms with E-state index in [-0.39, 0.29) is 18.2 Å². The van der Waals surface area contributed by atoms with E-state index in [0.29, 0.717) is 11.1 Å². The Morgan fingerprint density at radius 1 is 1.53 bits per heavy atom. The lowest BCUT2D eigenvalue weighted by atomic mass is 10.1. The fourth-order valence-electron chi connectivity index (χ4n) is 2.05. The third kappa shape index (κ3) is 4.11. The molecule has 1 atom stereocenters. The van der Waals surface area contributed by atoms with E-state index < -0.39 is 0 Å². The molecule has 0 amide bonds. The number of benzene rings is 1. The Morgan fingerprint density at radius 2 is 2.29 bits per heavy atom. The highest BCUT2D eigenvalue weighted by Crippen LogP contribution is 2.19. The summed E-state index contributed by atoms with van der Waals surface area (Å²) in [5.41, 5.74) is 0.997. The van der Waals surface area contributed by atoms with Gasteiger partial charge in [0.1, 0.15) is 5.82 Å². The summed E-state index contributed by atoms with van der Waals surface area (Å²) in [6, 6.07) is 5.12. The summed E-state index contributed by atoms with van der Waals surface area (Å²) in [5.74, 6) is -0.276. The first-order valence-corrected chi connectivity index (χ1v) is 5.92. The van der Waals surface area contributed by atoms with Gasteiger partial charge in [-0.25, -0.2) is 4.39 Å². The number of hydrogen-bond acceptors (Lipinski definition) is 2. The standard InChI is InChI=1S/C12H16ClFN2.ClH/c1-9-7-16(5-4-15-9)8-10-2-3-11(14)6-12(10)13;/h2-3,6,9,15H,4-5,7-8H2,1H3;1H. The van der Waals surface area contributed by atoms with Gasteiger partial charge in [-0.2, -0.15) is 0 Å². The Bertz CT molecular complexity index is 374. The van der Waals surface area contributed by atoms with Crippen molar-refractivity contribution in [3.05, 3.63) is 34.6 Å². The van der Waals surface area contributed by atoms with Gasteiger partial charge in [0.2, 0.25) is 0 Å². The lowest BCUT2D eigenvalue weighted by molar-refractivity contribution is 0.199. The van der Waals surface area contributed by atoms with Crippen LogP contribution in [0.25, 0.3) is 0 Å². The second-order valence-electron chi connectivity index (χ2n) is 4.33. The minimum atomic E-state index is -0.276. The molecular formula is C12H17Cl2FN2. The number of hydrogen-bond donors (Lipinski definition) is 1. The van der Waals surface area contributed by atoms with Gasteiger partial charge >= 0.3 is 0 Å². The van der Waals surface area contributed by atoms with Crippen LogP contribution in [0.1, 0.15) is 12.5 Å². The predicted octanol–water partition coefficient (Wildman–Crippen LogP) is 2.69. The summed E-state index contributed by atoms with van der Waals surface area (Å²) in [7, 11) is 0. The number of nitrogens with zero attached hydrogens (tertiary/aromatic N) is 1. The van der Waals surface area contributed by atoms with Gasteiger partial charge < -0.3 is 5.32 Å². The second-order valence-corrected chi connectivity index (χ2v) is 4.73. The molecule has 17 heavy (non-hydrogen) atoms. The molecule has 1 aliphatic heterocycles. The zero-order chi connectivity index (χ0) is 11.5. The van der Waals surface area contributed by atoms with Crippen LogP contribution in [0.5, 0.6) is 0 Å². The van der Waals surface area contributed by atoms with Crippen molar-refractivity contribution in [2.45, 2.75) is 19.5 Å². The highest BCUT2D eigenvalue weighted by atomic mass is 35.5. The van der Waals surface area contributed by atoms with Crippen molar-refractivity contribution in [3.8, 4) is 0 Å². The maximum atomic E-state index is 12.9. The number of halogens is 3. The van der Waals surface area contributed by atoms with E-state index in [1.54, 1.807) is 6.07 Å². The van der Waals surface area contributed by atoms with Crippen LogP contribution >= 0.6 is 24.0 Å². The average molecular weight is 279 g/mol. The summed E-state index contributed by atoms with van der Waals surface area (Å²) < 4.78 is 12.9. The summed E-state index contributed by atoms with van der Waals surface area (Å²) in [6.07, 6.45) is 0. The lowest BCUT2D eigenvalue weighted by Gasteiger charge is -2.32. The molecule has 5 heteroatoms. The number of rotatable bonds is 2. The molecule has 0 aliphatic carbocycles. The molecule has 2 nitrogen and oxygen atoms in total. The maximum Gasteiger partial charge on any atom is 0.124 e. The summed E-state index contributed by atoms with van der Waals surface area (Å²) in [5, 5.41) is 3.91. The molecule has 0 bridgehead atoms. The third-order valence-corrected chi connectivity index (χ3v) is 3.21. The molecule has 1 aromatic rings. The third-order valence-electron chi connectivity index (χ3n) is 2.86. The van der Waals surface area contributed by atoms with Crippen LogP contribution in [-0.2, 0) is 6.54 Å². The van der Waals surface area contributed by atoms with Crippen LogP contribution in [-0.4, -0.2) is 30.6 Å². The average Bonchev–Trinajstić information content (AvgIpc) is 2.22. The molecule has 1 heterocycles. The Labute approximate surface area is 113 Å². The first kappa shape index (κ1) is 14.7. The van der Waals surface area contributed by atoms with Crippen molar-refractivity contribution in [2.75, 3.05) is 19.6 Å². The van der Waals surface area contributed by atoms with E-state index in [9.17, 15) is 4.39 Å². The number of nitrogens with one attached hydrogen (secondary N) is 1. The Balaban J connectivity index is 0.00000144. The first-order chi connectivity index (χ1) is 7.65. The zero-order valence-electron chi connectivity index (χ0n) is 9.75. The first-order valence-electron chi connectivity index (χ1n) is 5.55. The summed E-state index contributed by atoms with van der Waals surface area (Å²) >= 11 is 6.00. The molecule has 1 aromatic carbocycles. The van der Waals surface area contributed by atoms with Crippen molar-refractivity contribution in [3.63, 3.8) is 0 Å². The van der Waals surface area contributed by atoms with Gasteiger partial charge in [0, 0.05) is 37.2 Å². The van der Waals surface area contributed by atoms with E-state index in [2.05, 4.69) is 17.1 Å².